The van der Waals surface area contributed by atoms with Gasteiger partial charge < -0.3 is 29.3 Å². The zero-order chi connectivity index (χ0) is 37.0. The molecule has 0 amide bonds. The lowest BCUT2D eigenvalue weighted by Crippen LogP contribution is -2.68. The maximum Gasteiger partial charge on any atom is 0.265 e. The van der Waals surface area contributed by atoms with E-state index in [1.807, 2.05) is 26.1 Å². The van der Waals surface area contributed by atoms with Crippen LogP contribution in [0.5, 0.6) is 11.6 Å². The van der Waals surface area contributed by atoms with Crippen molar-refractivity contribution in [3.05, 3.63) is 44.7 Å². The number of carbonyl (C=O) groups is 2. The Morgan fingerprint density at radius 2 is 1.78 bits per heavy atom. The molecule has 1 aromatic heterocycles. The Kier molecular flexibility index (Phi) is 10.6. The monoisotopic (exact) mass is 741 g/mol. The van der Waals surface area contributed by atoms with Gasteiger partial charge in [0.15, 0.2) is 19.7 Å². The first-order valence-corrected chi connectivity index (χ1v) is 22.3. The number of carbonyl (C=O) groups excluding carboxylic acids is 2. The highest BCUT2D eigenvalue weighted by Gasteiger charge is 2.68. The highest BCUT2D eigenvalue weighted by atomic mass is 35.5. The minimum absolute atomic E-state index is 0.0247. The SMILES string of the molecule is CCCCOc1cc(C2CCCN2CC)c(Cl)c2c1C(O)=C1C(=O)[C@]3(O[Si](C)(C)C(C)(C)C)C(=O)c4c(OCCCC)noc4[C@@H](N)[C@@H]3C[C@@H]1C2. The molecule has 4 aliphatic rings. The summed E-state index contributed by atoms with van der Waals surface area (Å²) in [6, 6.07) is 1.23. The molecule has 0 bridgehead atoms. The van der Waals surface area contributed by atoms with Crippen LogP contribution in [0.3, 0.4) is 0 Å². The summed E-state index contributed by atoms with van der Waals surface area (Å²) in [6.45, 7) is 19.2. The number of Topliss-reactive ketones (excluding diaryl/α,β-unsaturated/α-hetero) is 2. The minimum Gasteiger partial charge on any atom is -0.507 e. The van der Waals surface area contributed by atoms with Crippen LogP contribution in [-0.4, -0.2) is 67.0 Å². The summed E-state index contributed by atoms with van der Waals surface area (Å²) in [5.41, 5.74) is 7.45. The van der Waals surface area contributed by atoms with Gasteiger partial charge in [-0.3, -0.25) is 14.5 Å². The van der Waals surface area contributed by atoms with Crippen LogP contribution in [0.2, 0.25) is 23.2 Å². The lowest BCUT2D eigenvalue weighted by Gasteiger charge is -2.53. The number of nitrogens with two attached hydrogens (primary N) is 1. The van der Waals surface area contributed by atoms with Crippen molar-refractivity contribution in [2.45, 2.75) is 129 Å². The molecule has 6 rings (SSSR count). The van der Waals surface area contributed by atoms with E-state index >= 15 is 9.59 Å². The van der Waals surface area contributed by atoms with Crippen LogP contribution in [0.4, 0.5) is 0 Å². The van der Waals surface area contributed by atoms with Crippen molar-refractivity contribution < 1.29 is 33.1 Å². The first-order valence-electron chi connectivity index (χ1n) is 19.0. The minimum atomic E-state index is -2.84. The molecular weight excluding hydrogens is 686 g/mol. The molecule has 1 unspecified atom stereocenters. The highest BCUT2D eigenvalue weighted by Crippen LogP contribution is 2.58. The molecule has 1 aromatic carbocycles. The molecule has 2 aromatic rings. The smallest absolute Gasteiger partial charge is 0.265 e. The number of fused-ring (bicyclic) bond motifs is 4. The molecule has 2 fully saturated rings. The first kappa shape index (κ1) is 38.0. The molecule has 0 spiro atoms. The van der Waals surface area contributed by atoms with Crippen LogP contribution in [0, 0.1) is 11.8 Å². The Hall–Kier alpha value is -2.70. The topological polar surface area (TPSA) is 137 Å². The van der Waals surface area contributed by atoms with Crippen LogP contribution < -0.4 is 15.2 Å². The fourth-order valence-corrected chi connectivity index (χ4v) is 10.1. The number of rotatable bonds is 12. The van der Waals surface area contributed by atoms with Gasteiger partial charge in [0.05, 0.1) is 24.8 Å². The zero-order valence-corrected chi connectivity index (χ0v) is 33.4. The number of ether oxygens (including phenoxy) is 2. The Labute approximate surface area is 308 Å². The van der Waals surface area contributed by atoms with Gasteiger partial charge in [0.2, 0.25) is 11.6 Å². The quantitative estimate of drug-likeness (QED) is 0.124. The number of unbranched alkanes of at least 4 members (excludes halogenated alkanes) is 2. The molecule has 12 heteroatoms. The molecule has 2 heterocycles. The third-order valence-corrected chi connectivity index (χ3v) is 17.1. The molecular formula is C39H56ClN3O7Si. The Bertz CT molecular complexity index is 1710. The number of benzene rings is 1. The third kappa shape index (κ3) is 6.18. The number of aromatic nitrogens is 1. The van der Waals surface area contributed by atoms with E-state index in [0.717, 1.165) is 62.7 Å². The number of aliphatic hydroxyl groups is 1. The van der Waals surface area contributed by atoms with Gasteiger partial charge in [-0.25, -0.2) is 0 Å². The second-order valence-electron chi connectivity index (χ2n) is 16.3. The van der Waals surface area contributed by atoms with Gasteiger partial charge >= 0.3 is 0 Å². The largest absolute Gasteiger partial charge is 0.507 e. The lowest BCUT2D eigenvalue weighted by molar-refractivity contribution is -0.138. The number of hydrogen-bond acceptors (Lipinski definition) is 10. The van der Waals surface area contributed by atoms with Crippen molar-refractivity contribution in [3.8, 4) is 11.6 Å². The molecule has 51 heavy (non-hydrogen) atoms. The standard InChI is InChI=1S/C39H56ClN3O7Si/c1-9-12-17-47-27-21-23(26-15-14-16-43(26)11-3)31(40)24-19-22-20-25-32(41)34-30(37(42-49-34)48-18-13-10-2)36(46)39(25,50-51(7,8)38(4,5)6)35(45)28(22)33(44)29(24)27/h21-22,25-26,32,44H,9-20,41H2,1-8H3/t22-,25-,26?,32-,39-/m0/s1. The molecule has 3 aliphatic carbocycles. The summed E-state index contributed by atoms with van der Waals surface area (Å²) < 4.78 is 25.2. The molecule has 1 aliphatic heterocycles. The molecule has 3 N–H and O–H groups in total. The van der Waals surface area contributed by atoms with Gasteiger partial charge in [-0.1, -0.05) is 66.0 Å². The van der Waals surface area contributed by atoms with Gasteiger partial charge in [0, 0.05) is 22.6 Å². The van der Waals surface area contributed by atoms with Crippen LogP contribution in [0.1, 0.15) is 131 Å². The van der Waals surface area contributed by atoms with Gasteiger partial charge in [0.1, 0.15) is 17.1 Å². The summed E-state index contributed by atoms with van der Waals surface area (Å²) in [5, 5.41) is 16.8. The first-order chi connectivity index (χ1) is 24.1. The average molecular weight is 742 g/mol. The normalized spacial score (nSPS) is 26.5. The van der Waals surface area contributed by atoms with Gasteiger partial charge in [-0.2, -0.15) is 0 Å². The van der Waals surface area contributed by atoms with Crippen LogP contribution in [0.15, 0.2) is 16.2 Å². The van der Waals surface area contributed by atoms with Crippen LogP contribution >= 0.6 is 11.6 Å². The molecule has 1 saturated carbocycles. The predicted molar refractivity (Wildman–Crippen MR) is 200 cm³/mol. The molecule has 10 nitrogen and oxygen atoms in total. The summed E-state index contributed by atoms with van der Waals surface area (Å²) in [4.78, 5) is 33.0. The van der Waals surface area contributed by atoms with Gasteiger partial charge in [-0.15, -0.1) is 0 Å². The maximum absolute atomic E-state index is 15.4. The van der Waals surface area contributed by atoms with Gasteiger partial charge in [-0.05, 0) is 98.0 Å². The molecule has 280 valence electrons. The van der Waals surface area contributed by atoms with E-state index in [2.05, 4.69) is 44.7 Å². The second kappa shape index (κ2) is 14.3. The molecule has 5 atom stereocenters. The van der Waals surface area contributed by atoms with E-state index in [9.17, 15) is 5.11 Å². The Balaban J connectivity index is 1.55. The number of hydrogen-bond donors (Lipinski definition) is 2. The highest BCUT2D eigenvalue weighted by molar-refractivity contribution is 6.74. The number of likely N-dealkylation sites (tertiary alicyclic amines) is 1. The Morgan fingerprint density at radius 1 is 1.10 bits per heavy atom. The van der Waals surface area contributed by atoms with E-state index in [4.69, 9.17) is 35.8 Å². The lowest BCUT2D eigenvalue weighted by atomic mass is 9.57. The van der Waals surface area contributed by atoms with E-state index in [1.54, 1.807) is 0 Å². The average Bonchev–Trinajstić information content (AvgIpc) is 3.73. The number of aliphatic hydroxyl groups excluding tert-OH is 1. The molecule has 1 saturated heterocycles. The van der Waals surface area contributed by atoms with E-state index in [-0.39, 0.29) is 39.6 Å². The van der Waals surface area contributed by atoms with Crippen LogP contribution in [-0.2, 0) is 15.6 Å². The third-order valence-electron chi connectivity index (χ3n) is 12.2. The van der Waals surface area contributed by atoms with Crippen molar-refractivity contribution in [2.24, 2.45) is 17.6 Å². The fourth-order valence-electron chi connectivity index (χ4n) is 8.31. The van der Waals surface area contributed by atoms with Crippen molar-refractivity contribution in [1.82, 2.24) is 10.1 Å². The predicted octanol–water partition coefficient (Wildman–Crippen LogP) is 8.53. The van der Waals surface area contributed by atoms with Crippen molar-refractivity contribution >= 4 is 37.2 Å². The van der Waals surface area contributed by atoms with E-state index < -0.39 is 43.4 Å². The number of halogens is 1. The summed E-state index contributed by atoms with van der Waals surface area (Å²) in [5.74, 6) is -1.81. The number of nitrogens with zero attached hydrogens (tertiary/aromatic N) is 2. The maximum atomic E-state index is 15.4. The van der Waals surface area contributed by atoms with Crippen molar-refractivity contribution in [1.29, 1.82) is 0 Å². The van der Waals surface area contributed by atoms with Crippen molar-refractivity contribution in [3.63, 3.8) is 0 Å². The zero-order valence-electron chi connectivity index (χ0n) is 31.6. The second-order valence-corrected chi connectivity index (χ2v) is 21.4. The number of ketones is 2. The van der Waals surface area contributed by atoms with E-state index in [0.29, 0.717) is 42.4 Å². The van der Waals surface area contributed by atoms with Crippen molar-refractivity contribution in [2.75, 3.05) is 26.3 Å². The van der Waals surface area contributed by atoms with Gasteiger partial charge in [0.25, 0.3) is 5.88 Å². The summed E-state index contributed by atoms with van der Waals surface area (Å²) in [6.07, 6.45) is 6.14. The van der Waals surface area contributed by atoms with Crippen LogP contribution in [0.25, 0.3) is 5.76 Å². The summed E-state index contributed by atoms with van der Waals surface area (Å²) >= 11 is 7.33. The van der Waals surface area contributed by atoms with E-state index in [1.165, 1.54) is 0 Å². The fraction of sp³-hybridized carbons (Fsp3) is 0.667. The Morgan fingerprint density at radius 3 is 2.43 bits per heavy atom. The summed E-state index contributed by atoms with van der Waals surface area (Å²) in [7, 11) is -2.84. The molecule has 0 radical (unpaired) electrons.